The van der Waals surface area contributed by atoms with Gasteiger partial charge < -0.3 is 14.8 Å². The third-order valence-corrected chi connectivity index (χ3v) is 5.18. The molecule has 2 aromatic rings. The second-order valence-electron chi connectivity index (χ2n) is 6.35. The molecule has 1 aromatic heterocycles. The van der Waals surface area contributed by atoms with Crippen LogP contribution in [0.3, 0.4) is 0 Å². The van der Waals surface area contributed by atoms with Crippen molar-refractivity contribution in [3.05, 3.63) is 46.6 Å². The minimum Gasteiger partial charge on any atom is -0.486 e. The molecule has 2 heterocycles. The normalized spacial score (nSPS) is 13.6. The Morgan fingerprint density at radius 3 is 2.78 bits per heavy atom. The SMILES string of the molecule is Cc1cc(C)c(C#N)c(SCC(=O)NC(C)c2ccc3c(c2)OCCO3)n1. The van der Waals surface area contributed by atoms with Gasteiger partial charge in [0.05, 0.1) is 17.4 Å². The maximum absolute atomic E-state index is 12.4. The molecule has 3 rings (SSSR count). The lowest BCUT2D eigenvalue weighted by Gasteiger charge is -2.21. The monoisotopic (exact) mass is 383 g/mol. The average molecular weight is 383 g/mol. The summed E-state index contributed by atoms with van der Waals surface area (Å²) in [5, 5.41) is 12.9. The van der Waals surface area contributed by atoms with Crippen molar-refractivity contribution in [2.75, 3.05) is 19.0 Å². The first kappa shape index (κ1) is 19.1. The number of thioether (sulfide) groups is 1. The van der Waals surface area contributed by atoms with Gasteiger partial charge in [0.1, 0.15) is 24.3 Å². The fraction of sp³-hybridized carbons (Fsp3) is 0.350. The molecule has 0 saturated carbocycles. The number of nitrogens with zero attached hydrogens (tertiary/aromatic N) is 2. The van der Waals surface area contributed by atoms with Gasteiger partial charge in [-0.1, -0.05) is 17.8 Å². The van der Waals surface area contributed by atoms with E-state index in [1.165, 1.54) is 11.8 Å². The summed E-state index contributed by atoms with van der Waals surface area (Å²) in [6, 6.07) is 9.54. The summed E-state index contributed by atoms with van der Waals surface area (Å²) in [5.74, 6) is 1.50. The molecule has 7 heteroatoms. The minimum absolute atomic E-state index is 0.118. The van der Waals surface area contributed by atoms with Gasteiger partial charge in [-0.3, -0.25) is 4.79 Å². The lowest BCUT2D eigenvalue weighted by atomic mass is 10.1. The fourth-order valence-corrected chi connectivity index (χ4v) is 3.78. The topological polar surface area (TPSA) is 84.2 Å². The van der Waals surface area contributed by atoms with Gasteiger partial charge in [0, 0.05) is 5.69 Å². The van der Waals surface area contributed by atoms with E-state index in [9.17, 15) is 10.1 Å². The molecule has 0 saturated heterocycles. The third kappa shape index (κ3) is 4.52. The first-order valence-electron chi connectivity index (χ1n) is 8.68. The number of rotatable bonds is 5. The summed E-state index contributed by atoms with van der Waals surface area (Å²) < 4.78 is 11.1. The smallest absolute Gasteiger partial charge is 0.230 e. The van der Waals surface area contributed by atoms with Crippen LogP contribution in [0.4, 0.5) is 0 Å². The quantitative estimate of drug-likeness (QED) is 0.798. The van der Waals surface area contributed by atoms with E-state index in [-0.39, 0.29) is 17.7 Å². The van der Waals surface area contributed by atoms with Crippen molar-refractivity contribution in [1.29, 1.82) is 5.26 Å². The zero-order valence-corrected chi connectivity index (χ0v) is 16.4. The molecular formula is C20H21N3O3S. The Balaban J connectivity index is 1.62. The number of aromatic nitrogens is 1. The van der Waals surface area contributed by atoms with Crippen LogP contribution in [0.15, 0.2) is 29.3 Å². The maximum atomic E-state index is 12.4. The van der Waals surface area contributed by atoms with E-state index >= 15 is 0 Å². The highest BCUT2D eigenvalue weighted by Gasteiger charge is 2.17. The summed E-state index contributed by atoms with van der Waals surface area (Å²) in [6.45, 7) is 6.75. The molecule has 0 radical (unpaired) electrons. The van der Waals surface area contributed by atoms with E-state index in [1.54, 1.807) is 0 Å². The molecule has 140 valence electrons. The summed E-state index contributed by atoms with van der Waals surface area (Å²) in [7, 11) is 0. The number of carbonyl (C=O) groups excluding carboxylic acids is 1. The lowest BCUT2D eigenvalue weighted by molar-refractivity contribution is -0.119. The second-order valence-corrected chi connectivity index (χ2v) is 7.32. The lowest BCUT2D eigenvalue weighted by Crippen LogP contribution is -2.28. The van der Waals surface area contributed by atoms with Gasteiger partial charge in [0.2, 0.25) is 5.91 Å². The van der Waals surface area contributed by atoms with Gasteiger partial charge in [-0.2, -0.15) is 5.26 Å². The number of amides is 1. The van der Waals surface area contributed by atoms with E-state index < -0.39 is 0 Å². The van der Waals surface area contributed by atoms with E-state index in [0.29, 0.717) is 29.6 Å². The zero-order chi connectivity index (χ0) is 19.4. The van der Waals surface area contributed by atoms with Gasteiger partial charge in [-0.15, -0.1) is 0 Å². The van der Waals surface area contributed by atoms with Crippen LogP contribution in [-0.2, 0) is 4.79 Å². The number of nitrogens with one attached hydrogen (secondary N) is 1. The molecule has 1 amide bonds. The molecule has 0 bridgehead atoms. The molecule has 1 unspecified atom stereocenters. The van der Waals surface area contributed by atoms with E-state index in [1.807, 2.05) is 45.0 Å². The number of fused-ring (bicyclic) bond motifs is 1. The van der Waals surface area contributed by atoms with Crippen molar-refractivity contribution >= 4 is 17.7 Å². The number of hydrogen-bond donors (Lipinski definition) is 1. The fourth-order valence-electron chi connectivity index (χ4n) is 2.87. The first-order chi connectivity index (χ1) is 13.0. The molecule has 0 aliphatic carbocycles. The van der Waals surface area contributed by atoms with Crippen molar-refractivity contribution < 1.29 is 14.3 Å². The third-order valence-electron chi connectivity index (χ3n) is 4.21. The Kier molecular flexibility index (Phi) is 5.87. The zero-order valence-electron chi connectivity index (χ0n) is 15.5. The summed E-state index contributed by atoms with van der Waals surface area (Å²) >= 11 is 1.28. The Hall–Kier alpha value is -2.72. The highest BCUT2D eigenvalue weighted by molar-refractivity contribution is 8.00. The molecule has 0 spiro atoms. The Morgan fingerprint density at radius 2 is 2.04 bits per heavy atom. The van der Waals surface area contributed by atoms with E-state index in [0.717, 1.165) is 22.6 Å². The van der Waals surface area contributed by atoms with Crippen LogP contribution in [-0.4, -0.2) is 29.9 Å². The molecule has 1 N–H and O–H groups in total. The van der Waals surface area contributed by atoms with Crippen LogP contribution in [0, 0.1) is 25.2 Å². The predicted molar refractivity (Wildman–Crippen MR) is 103 cm³/mol. The van der Waals surface area contributed by atoms with Gasteiger partial charge in [0.15, 0.2) is 11.5 Å². The molecule has 1 aliphatic heterocycles. The Morgan fingerprint density at radius 1 is 1.30 bits per heavy atom. The van der Waals surface area contributed by atoms with Crippen molar-refractivity contribution in [3.8, 4) is 17.6 Å². The molecule has 1 aliphatic rings. The Bertz CT molecular complexity index is 908. The van der Waals surface area contributed by atoms with Crippen LogP contribution in [0.5, 0.6) is 11.5 Å². The number of ether oxygens (including phenoxy) is 2. The van der Waals surface area contributed by atoms with Gasteiger partial charge in [-0.05, 0) is 50.1 Å². The Labute approximate surface area is 162 Å². The summed E-state index contributed by atoms with van der Waals surface area (Å²) in [4.78, 5) is 16.8. The van der Waals surface area contributed by atoms with E-state index in [2.05, 4.69) is 16.4 Å². The molecule has 1 aromatic carbocycles. The van der Waals surface area contributed by atoms with Crippen LogP contribution >= 0.6 is 11.8 Å². The second kappa shape index (κ2) is 8.31. The van der Waals surface area contributed by atoms with Crippen molar-refractivity contribution in [1.82, 2.24) is 10.3 Å². The molecular weight excluding hydrogens is 362 g/mol. The number of aryl methyl sites for hydroxylation is 2. The summed E-state index contributed by atoms with van der Waals surface area (Å²) in [6.07, 6.45) is 0. The average Bonchev–Trinajstić information content (AvgIpc) is 2.65. The van der Waals surface area contributed by atoms with Crippen LogP contribution in [0.1, 0.15) is 35.3 Å². The highest BCUT2D eigenvalue weighted by Crippen LogP contribution is 2.32. The van der Waals surface area contributed by atoms with Gasteiger partial charge >= 0.3 is 0 Å². The number of pyridine rings is 1. The minimum atomic E-state index is -0.170. The van der Waals surface area contributed by atoms with Crippen LogP contribution < -0.4 is 14.8 Å². The standard InChI is InChI=1S/C20H21N3O3S/c1-12-8-13(2)22-20(16(12)10-21)27-11-19(24)23-14(3)15-4-5-17-18(9-15)26-7-6-25-17/h4-5,8-9,14H,6-7,11H2,1-3H3,(H,23,24). The molecule has 1 atom stereocenters. The van der Waals surface area contributed by atoms with Crippen LogP contribution in [0.2, 0.25) is 0 Å². The maximum Gasteiger partial charge on any atom is 0.230 e. The van der Waals surface area contributed by atoms with Crippen molar-refractivity contribution in [2.45, 2.75) is 31.8 Å². The number of nitriles is 1. The first-order valence-corrected chi connectivity index (χ1v) is 9.66. The predicted octanol–water partition coefficient (Wildman–Crippen LogP) is 3.31. The molecule has 27 heavy (non-hydrogen) atoms. The highest BCUT2D eigenvalue weighted by atomic mass is 32.2. The number of carbonyl (C=O) groups is 1. The molecule has 6 nitrogen and oxygen atoms in total. The van der Waals surface area contributed by atoms with Crippen molar-refractivity contribution in [3.63, 3.8) is 0 Å². The molecule has 0 fully saturated rings. The number of hydrogen-bond acceptors (Lipinski definition) is 6. The van der Waals surface area contributed by atoms with Gasteiger partial charge in [0.25, 0.3) is 0 Å². The summed E-state index contributed by atoms with van der Waals surface area (Å²) in [5.41, 5.74) is 3.18. The number of benzene rings is 1. The van der Waals surface area contributed by atoms with E-state index in [4.69, 9.17) is 9.47 Å². The van der Waals surface area contributed by atoms with Crippen molar-refractivity contribution in [2.24, 2.45) is 0 Å². The van der Waals surface area contributed by atoms with Crippen LogP contribution in [0.25, 0.3) is 0 Å². The largest absolute Gasteiger partial charge is 0.486 e. The van der Waals surface area contributed by atoms with Gasteiger partial charge in [-0.25, -0.2) is 4.98 Å².